The van der Waals surface area contributed by atoms with E-state index in [1.54, 1.807) is 18.2 Å². The number of nitrogens with zero attached hydrogens (tertiary/aromatic N) is 6. The summed E-state index contributed by atoms with van der Waals surface area (Å²) >= 11 is 6.18. The lowest BCUT2D eigenvalue weighted by Crippen LogP contribution is -2.39. The van der Waals surface area contributed by atoms with Crippen LogP contribution in [0.1, 0.15) is 17.0 Å². The molecule has 0 aliphatic carbocycles. The summed E-state index contributed by atoms with van der Waals surface area (Å²) in [6.07, 6.45) is 0. The summed E-state index contributed by atoms with van der Waals surface area (Å²) < 4.78 is 5.36. The van der Waals surface area contributed by atoms with E-state index in [2.05, 4.69) is 20.5 Å². The molecule has 0 spiro atoms. The van der Waals surface area contributed by atoms with E-state index in [0.29, 0.717) is 16.5 Å². The Labute approximate surface area is 182 Å². The van der Waals surface area contributed by atoms with Crippen molar-refractivity contribution in [3.05, 3.63) is 64.5 Å². The lowest BCUT2D eigenvalue weighted by atomic mass is 10.1. The minimum atomic E-state index is -0.911. The predicted molar refractivity (Wildman–Crippen MR) is 111 cm³/mol. The van der Waals surface area contributed by atoms with Gasteiger partial charge in [-0.1, -0.05) is 52.3 Å². The zero-order chi connectivity index (χ0) is 21.7. The standard InChI is InChI=1S/C21H17ClN6O3/c1-11-5-3-4-6-14(11)19-23-16(31-25-19)10-27-18-17(24-26-27)20(29)28(21(18)30)13-8-7-12(2)15(22)9-13/h3-9,17-18H,10H2,1-2H3/t17-,18-/m0/s1. The van der Waals surface area contributed by atoms with Gasteiger partial charge in [-0.25, -0.2) is 4.90 Å². The molecule has 0 bridgehead atoms. The van der Waals surface area contributed by atoms with Crippen LogP contribution in [0.3, 0.4) is 0 Å². The predicted octanol–water partition coefficient (Wildman–Crippen LogP) is 3.50. The summed E-state index contributed by atoms with van der Waals surface area (Å²) in [5.74, 6) is -0.133. The number of aryl methyl sites for hydroxylation is 2. The van der Waals surface area contributed by atoms with Crippen molar-refractivity contribution in [3.63, 3.8) is 0 Å². The van der Waals surface area contributed by atoms with Gasteiger partial charge in [0.2, 0.25) is 11.7 Å². The minimum absolute atomic E-state index is 0.0606. The fraction of sp³-hybridized carbons (Fsp3) is 0.238. The van der Waals surface area contributed by atoms with Crippen molar-refractivity contribution in [2.24, 2.45) is 10.3 Å². The smallest absolute Gasteiger partial charge is 0.263 e. The number of benzene rings is 2. The second kappa shape index (κ2) is 7.28. The van der Waals surface area contributed by atoms with Crippen LogP contribution in [-0.4, -0.2) is 39.0 Å². The zero-order valence-electron chi connectivity index (χ0n) is 16.7. The van der Waals surface area contributed by atoms with Crippen molar-refractivity contribution in [2.45, 2.75) is 32.5 Å². The van der Waals surface area contributed by atoms with E-state index in [1.807, 2.05) is 38.1 Å². The molecule has 2 atom stereocenters. The number of fused-ring (bicyclic) bond motifs is 1. The molecule has 5 rings (SSSR count). The highest BCUT2D eigenvalue weighted by Crippen LogP contribution is 2.34. The van der Waals surface area contributed by atoms with Crippen molar-refractivity contribution in [1.29, 1.82) is 0 Å². The van der Waals surface area contributed by atoms with Gasteiger partial charge in [0.1, 0.15) is 6.54 Å². The van der Waals surface area contributed by atoms with Gasteiger partial charge in [0.05, 0.1) is 5.69 Å². The zero-order valence-corrected chi connectivity index (χ0v) is 17.4. The summed E-state index contributed by atoms with van der Waals surface area (Å²) in [6, 6.07) is 11.0. The van der Waals surface area contributed by atoms with Crippen molar-refractivity contribution in [3.8, 4) is 11.4 Å². The number of carbonyl (C=O) groups excluding carboxylic acids is 2. The molecule has 0 unspecified atom stereocenters. The monoisotopic (exact) mass is 436 g/mol. The molecule has 1 fully saturated rings. The Hall–Kier alpha value is -3.59. The van der Waals surface area contributed by atoms with Crippen molar-refractivity contribution in [1.82, 2.24) is 15.1 Å². The first-order valence-corrected chi connectivity index (χ1v) is 10.0. The molecular weight excluding hydrogens is 420 g/mol. The number of halogens is 1. The van der Waals surface area contributed by atoms with E-state index in [1.165, 1.54) is 5.01 Å². The first-order chi connectivity index (χ1) is 14.9. The van der Waals surface area contributed by atoms with Crippen LogP contribution >= 0.6 is 11.6 Å². The fourth-order valence-electron chi connectivity index (χ4n) is 3.72. The molecule has 3 aromatic rings. The maximum absolute atomic E-state index is 13.1. The van der Waals surface area contributed by atoms with Gasteiger partial charge >= 0.3 is 0 Å². The number of amides is 2. The fourth-order valence-corrected chi connectivity index (χ4v) is 3.89. The Bertz CT molecular complexity index is 1240. The van der Waals surface area contributed by atoms with Crippen molar-refractivity contribution in [2.75, 3.05) is 4.90 Å². The van der Waals surface area contributed by atoms with Crippen LogP contribution in [0.4, 0.5) is 5.69 Å². The van der Waals surface area contributed by atoms with Crippen LogP contribution < -0.4 is 4.90 Å². The first-order valence-electron chi connectivity index (χ1n) is 9.64. The van der Waals surface area contributed by atoms with Gasteiger partial charge in [0, 0.05) is 10.6 Å². The van der Waals surface area contributed by atoms with Crippen LogP contribution in [0, 0.1) is 13.8 Å². The van der Waals surface area contributed by atoms with Crippen molar-refractivity contribution < 1.29 is 14.1 Å². The average Bonchev–Trinajstić information content (AvgIpc) is 3.43. The van der Waals surface area contributed by atoms with E-state index in [4.69, 9.17) is 16.1 Å². The molecule has 0 radical (unpaired) electrons. The number of anilines is 1. The number of carbonyl (C=O) groups is 2. The largest absolute Gasteiger partial charge is 0.337 e. The summed E-state index contributed by atoms with van der Waals surface area (Å²) in [7, 11) is 0. The van der Waals surface area contributed by atoms with Crippen LogP contribution in [-0.2, 0) is 16.1 Å². The molecule has 9 nitrogen and oxygen atoms in total. The van der Waals surface area contributed by atoms with E-state index in [-0.39, 0.29) is 12.4 Å². The number of imide groups is 1. The molecule has 3 heterocycles. The number of hydrogen-bond acceptors (Lipinski definition) is 8. The molecular formula is C21H17ClN6O3. The van der Waals surface area contributed by atoms with Crippen molar-refractivity contribution >= 4 is 29.1 Å². The lowest BCUT2D eigenvalue weighted by Gasteiger charge is -2.19. The first kappa shape index (κ1) is 19.4. The number of rotatable bonds is 4. The maximum Gasteiger partial charge on any atom is 0.263 e. The van der Waals surface area contributed by atoms with Crippen LogP contribution in [0.2, 0.25) is 5.02 Å². The molecule has 1 saturated heterocycles. The van der Waals surface area contributed by atoms with E-state index < -0.39 is 23.9 Å². The Morgan fingerprint density at radius 3 is 2.65 bits per heavy atom. The second-order valence-corrected chi connectivity index (χ2v) is 7.87. The molecule has 0 N–H and O–H groups in total. The van der Waals surface area contributed by atoms with E-state index >= 15 is 0 Å². The van der Waals surface area contributed by atoms with Gasteiger partial charge in [-0.15, -0.1) is 0 Å². The van der Waals surface area contributed by atoms with Gasteiger partial charge in [0.15, 0.2) is 12.1 Å². The second-order valence-electron chi connectivity index (χ2n) is 7.46. The molecule has 156 valence electrons. The van der Waals surface area contributed by atoms with Gasteiger partial charge < -0.3 is 4.52 Å². The highest BCUT2D eigenvalue weighted by molar-refractivity contribution is 6.32. The van der Waals surface area contributed by atoms with Crippen LogP contribution in [0.25, 0.3) is 11.4 Å². The summed E-state index contributed by atoms with van der Waals surface area (Å²) in [6.45, 7) is 3.87. The number of hydrogen-bond donors (Lipinski definition) is 0. The van der Waals surface area contributed by atoms with Gasteiger partial charge in [-0.2, -0.15) is 10.1 Å². The molecule has 1 aromatic heterocycles. The minimum Gasteiger partial charge on any atom is -0.337 e. The SMILES string of the molecule is Cc1ccc(N2C(=O)[C@H]3N=NN(Cc4nc(-c5ccccc5C)no4)[C@@H]3C2=O)cc1Cl. The summed E-state index contributed by atoms with van der Waals surface area (Å²) in [5, 5.41) is 13.9. The van der Waals surface area contributed by atoms with Gasteiger partial charge in [0.25, 0.3) is 11.8 Å². The third kappa shape index (κ3) is 3.17. The highest BCUT2D eigenvalue weighted by Gasteiger charge is 2.55. The molecule has 2 aliphatic rings. The topological polar surface area (TPSA) is 104 Å². The molecule has 2 aromatic carbocycles. The third-order valence-electron chi connectivity index (χ3n) is 5.42. The van der Waals surface area contributed by atoms with E-state index in [9.17, 15) is 9.59 Å². The molecule has 0 saturated carbocycles. The Kier molecular flexibility index (Phi) is 4.55. The lowest BCUT2D eigenvalue weighted by molar-refractivity contribution is -0.123. The van der Waals surface area contributed by atoms with Gasteiger partial charge in [-0.3, -0.25) is 14.6 Å². The van der Waals surface area contributed by atoms with Crippen LogP contribution in [0.5, 0.6) is 0 Å². The maximum atomic E-state index is 13.1. The Balaban J connectivity index is 1.38. The van der Waals surface area contributed by atoms with Gasteiger partial charge in [-0.05, 0) is 37.1 Å². The Morgan fingerprint density at radius 1 is 1.06 bits per heavy atom. The molecule has 31 heavy (non-hydrogen) atoms. The Morgan fingerprint density at radius 2 is 1.87 bits per heavy atom. The van der Waals surface area contributed by atoms with Crippen LogP contribution in [0.15, 0.2) is 57.3 Å². The highest BCUT2D eigenvalue weighted by atomic mass is 35.5. The molecule has 2 amide bonds. The number of aromatic nitrogens is 2. The van der Waals surface area contributed by atoms with E-state index in [0.717, 1.165) is 21.6 Å². The normalized spacial score (nSPS) is 20.1. The third-order valence-corrected chi connectivity index (χ3v) is 5.83. The molecule has 2 aliphatic heterocycles. The average molecular weight is 437 g/mol. The summed E-state index contributed by atoms with van der Waals surface area (Å²) in [4.78, 5) is 31.5. The summed E-state index contributed by atoms with van der Waals surface area (Å²) in [5.41, 5.74) is 3.13. The quantitative estimate of drug-likeness (QED) is 0.580. The molecule has 10 heteroatoms.